The number of thioether (sulfide) groups is 1. The fraction of sp³-hybridized carbons (Fsp3) is 0.381. The number of nitrogens with one attached hydrogen (secondary N) is 1. The number of carbonyl (C=O) groups is 1. The second-order valence-electron chi connectivity index (χ2n) is 6.74. The molecule has 1 heterocycles. The molecule has 0 unspecified atom stereocenters. The lowest BCUT2D eigenvalue weighted by Gasteiger charge is -2.26. The summed E-state index contributed by atoms with van der Waals surface area (Å²) in [6, 6.07) is 13.8. The summed E-state index contributed by atoms with van der Waals surface area (Å²) in [5.74, 6) is 1.18. The van der Waals surface area contributed by atoms with Crippen molar-refractivity contribution in [2.45, 2.75) is 16.2 Å². The second-order valence-corrected chi connectivity index (χ2v) is 10.3. The molecule has 2 aromatic carbocycles. The van der Waals surface area contributed by atoms with Gasteiger partial charge in [0.15, 0.2) is 0 Å². The van der Waals surface area contributed by atoms with Crippen LogP contribution in [0.25, 0.3) is 0 Å². The van der Waals surface area contributed by atoms with Gasteiger partial charge in [0, 0.05) is 35.2 Å². The van der Waals surface area contributed by atoms with Gasteiger partial charge >= 0.3 is 0 Å². The molecule has 168 valence electrons. The molecule has 0 radical (unpaired) electrons. The van der Waals surface area contributed by atoms with Crippen LogP contribution in [0.5, 0.6) is 5.75 Å². The van der Waals surface area contributed by atoms with Crippen LogP contribution in [0.1, 0.15) is 6.42 Å². The van der Waals surface area contributed by atoms with Gasteiger partial charge in [0.1, 0.15) is 12.4 Å². The third-order valence-corrected chi connectivity index (χ3v) is 7.71. The summed E-state index contributed by atoms with van der Waals surface area (Å²) in [6.07, 6.45) is 0.404. The molecular formula is C21H25ClN2O5S2. The molecule has 0 aliphatic carbocycles. The largest absolute Gasteiger partial charge is 0.492 e. The average Bonchev–Trinajstić information content (AvgIpc) is 2.79. The van der Waals surface area contributed by atoms with Crippen LogP contribution in [0.3, 0.4) is 0 Å². The Morgan fingerprint density at radius 1 is 1.10 bits per heavy atom. The van der Waals surface area contributed by atoms with E-state index in [4.69, 9.17) is 21.1 Å². The number of amides is 1. The summed E-state index contributed by atoms with van der Waals surface area (Å²) in [5.41, 5.74) is 0. The summed E-state index contributed by atoms with van der Waals surface area (Å²) in [4.78, 5) is 13.2. The quantitative estimate of drug-likeness (QED) is 0.412. The van der Waals surface area contributed by atoms with Gasteiger partial charge in [-0.15, -0.1) is 11.8 Å². The highest BCUT2D eigenvalue weighted by molar-refractivity contribution is 7.99. The number of carbonyl (C=O) groups excluding carboxylic acids is 1. The Hall–Kier alpha value is -1.78. The zero-order valence-corrected chi connectivity index (χ0v) is 19.3. The standard InChI is InChI=1S/C21H25ClN2O5S2/c22-17-1-5-19(6-2-17)30-16-9-21(25)23-10-13-29-18-3-7-20(8-4-18)31(26,27)24-11-14-28-15-12-24/h1-8H,9-16H2,(H,23,25). The number of benzene rings is 2. The number of hydrogen-bond acceptors (Lipinski definition) is 6. The van der Waals surface area contributed by atoms with Crippen LogP contribution in [0.15, 0.2) is 58.3 Å². The average molecular weight is 485 g/mol. The molecule has 1 fully saturated rings. The Balaban J connectivity index is 1.34. The first-order chi connectivity index (χ1) is 14.9. The van der Waals surface area contributed by atoms with Crippen molar-refractivity contribution in [2.75, 3.05) is 45.2 Å². The van der Waals surface area contributed by atoms with E-state index in [0.717, 1.165) is 4.90 Å². The highest BCUT2D eigenvalue weighted by atomic mass is 35.5. The lowest BCUT2D eigenvalue weighted by Crippen LogP contribution is -2.40. The van der Waals surface area contributed by atoms with Crippen molar-refractivity contribution < 1.29 is 22.7 Å². The molecular weight excluding hydrogens is 460 g/mol. The zero-order chi connectivity index (χ0) is 22.1. The van der Waals surface area contributed by atoms with Crippen LogP contribution in [0.4, 0.5) is 0 Å². The zero-order valence-electron chi connectivity index (χ0n) is 17.0. The van der Waals surface area contributed by atoms with E-state index < -0.39 is 10.0 Å². The summed E-state index contributed by atoms with van der Waals surface area (Å²) in [7, 11) is -3.51. The van der Waals surface area contributed by atoms with Crippen LogP contribution >= 0.6 is 23.4 Å². The summed E-state index contributed by atoms with van der Waals surface area (Å²) in [5, 5.41) is 3.50. The maximum absolute atomic E-state index is 12.6. The van der Waals surface area contributed by atoms with E-state index >= 15 is 0 Å². The smallest absolute Gasteiger partial charge is 0.243 e. The van der Waals surface area contributed by atoms with E-state index in [-0.39, 0.29) is 10.8 Å². The molecule has 1 saturated heterocycles. The van der Waals surface area contributed by atoms with Gasteiger partial charge in [-0.2, -0.15) is 4.31 Å². The van der Waals surface area contributed by atoms with Crippen LogP contribution in [-0.4, -0.2) is 63.8 Å². The third-order valence-electron chi connectivity index (χ3n) is 4.54. The lowest BCUT2D eigenvalue weighted by molar-refractivity contribution is -0.120. The predicted octanol–water partition coefficient (Wildman–Crippen LogP) is 3.04. The Labute approximate surface area is 192 Å². The Bertz CT molecular complexity index is 947. The maximum atomic E-state index is 12.6. The summed E-state index contributed by atoms with van der Waals surface area (Å²) >= 11 is 7.45. The van der Waals surface area contributed by atoms with Gasteiger partial charge in [0.25, 0.3) is 0 Å². The molecule has 1 aliphatic heterocycles. The molecule has 0 spiro atoms. The van der Waals surface area contributed by atoms with E-state index in [0.29, 0.717) is 62.4 Å². The topological polar surface area (TPSA) is 84.9 Å². The normalized spacial score (nSPS) is 14.9. The highest BCUT2D eigenvalue weighted by Gasteiger charge is 2.26. The Kier molecular flexibility index (Phi) is 9.03. The van der Waals surface area contributed by atoms with Gasteiger partial charge < -0.3 is 14.8 Å². The van der Waals surface area contributed by atoms with Crippen molar-refractivity contribution in [3.63, 3.8) is 0 Å². The van der Waals surface area contributed by atoms with E-state index in [9.17, 15) is 13.2 Å². The van der Waals surface area contributed by atoms with Crippen LogP contribution in [-0.2, 0) is 19.6 Å². The number of ether oxygens (including phenoxy) is 2. The highest BCUT2D eigenvalue weighted by Crippen LogP contribution is 2.21. The molecule has 0 bridgehead atoms. The molecule has 0 atom stereocenters. The number of morpholine rings is 1. The van der Waals surface area contributed by atoms with Gasteiger partial charge in [-0.1, -0.05) is 11.6 Å². The van der Waals surface area contributed by atoms with Crippen LogP contribution < -0.4 is 10.1 Å². The third kappa shape index (κ3) is 7.40. The number of halogens is 1. The molecule has 1 N–H and O–H groups in total. The first kappa shape index (κ1) is 23.9. The Morgan fingerprint density at radius 3 is 2.45 bits per heavy atom. The SMILES string of the molecule is O=C(CCSc1ccc(Cl)cc1)NCCOc1ccc(S(=O)(=O)N2CCOCC2)cc1. The molecule has 3 rings (SSSR count). The van der Waals surface area contributed by atoms with Crippen molar-refractivity contribution in [3.8, 4) is 5.75 Å². The molecule has 2 aromatic rings. The summed E-state index contributed by atoms with van der Waals surface area (Å²) < 4.78 is 37.4. The molecule has 1 amide bonds. The number of hydrogen-bond donors (Lipinski definition) is 1. The molecule has 1 aliphatic rings. The van der Waals surface area contributed by atoms with Gasteiger partial charge in [-0.05, 0) is 48.5 Å². The first-order valence-electron chi connectivity index (χ1n) is 9.91. The first-order valence-corrected chi connectivity index (χ1v) is 12.7. The lowest BCUT2D eigenvalue weighted by atomic mass is 10.3. The van der Waals surface area contributed by atoms with Crippen LogP contribution in [0, 0.1) is 0 Å². The number of nitrogens with zero attached hydrogens (tertiary/aromatic N) is 1. The molecule has 31 heavy (non-hydrogen) atoms. The molecule has 10 heteroatoms. The van der Waals surface area contributed by atoms with Gasteiger partial charge in [0.2, 0.25) is 15.9 Å². The molecule has 0 saturated carbocycles. The fourth-order valence-electron chi connectivity index (χ4n) is 2.88. The van der Waals surface area contributed by atoms with E-state index in [2.05, 4.69) is 5.32 Å². The predicted molar refractivity (Wildman–Crippen MR) is 121 cm³/mol. The Morgan fingerprint density at radius 2 is 1.77 bits per heavy atom. The van der Waals surface area contributed by atoms with Crippen molar-refractivity contribution in [3.05, 3.63) is 53.6 Å². The van der Waals surface area contributed by atoms with Crippen LogP contribution in [0.2, 0.25) is 5.02 Å². The van der Waals surface area contributed by atoms with E-state index in [1.165, 1.54) is 16.4 Å². The molecule has 0 aromatic heterocycles. The van der Waals surface area contributed by atoms with Gasteiger partial charge in [-0.3, -0.25) is 4.79 Å². The fourth-order valence-corrected chi connectivity index (χ4v) is 5.27. The van der Waals surface area contributed by atoms with E-state index in [1.807, 2.05) is 24.3 Å². The number of rotatable bonds is 10. The maximum Gasteiger partial charge on any atom is 0.243 e. The van der Waals surface area contributed by atoms with Gasteiger partial charge in [0.05, 0.1) is 24.7 Å². The van der Waals surface area contributed by atoms with Crippen molar-refractivity contribution in [1.82, 2.24) is 9.62 Å². The minimum absolute atomic E-state index is 0.0444. The monoisotopic (exact) mass is 484 g/mol. The van der Waals surface area contributed by atoms with E-state index in [1.54, 1.807) is 23.9 Å². The van der Waals surface area contributed by atoms with Crippen molar-refractivity contribution >= 4 is 39.3 Å². The minimum atomic E-state index is -3.51. The molecule has 7 nitrogen and oxygen atoms in total. The van der Waals surface area contributed by atoms with Gasteiger partial charge in [-0.25, -0.2) is 8.42 Å². The minimum Gasteiger partial charge on any atom is -0.492 e. The number of sulfonamides is 1. The van der Waals surface area contributed by atoms with Crippen molar-refractivity contribution in [1.29, 1.82) is 0 Å². The van der Waals surface area contributed by atoms with Crippen molar-refractivity contribution in [2.24, 2.45) is 0 Å². The summed E-state index contributed by atoms with van der Waals surface area (Å²) in [6.45, 7) is 2.21. The second kappa shape index (κ2) is 11.7.